The molecule has 0 aliphatic carbocycles. The van der Waals surface area contributed by atoms with Crippen molar-refractivity contribution in [3.63, 3.8) is 0 Å². The molecule has 2 rings (SSSR count). The summed E-state index contributed by atoms with van der Waals surface area (Å²) in [6.07, 6.45) is 1.46. The van der Waals surface area contributed by atoms with Gasteiger partial charge >= 0.3 is 6.03 Å². The van der Waals surface area contributed by atoms with Gasteiger partial charge in [0.1, 0.15) is 11.4 Å². The standard InChI is InChI=1S/C15H17ClN2O4/c1-15(20,12-7-4-8-22-12)9-17-14(19)18-11-6-3-5-10(16)13(11)21-2/h3-8,20H,9H2,1-2H3,(H2,17,18,19)/t15-/m0/s1. The molecule has 0 unspecified atom stereocenters. The zero-order valence-electron chi connectivity index (χ0n) is 12.2. The Morgan fingerprint density at radius 2 is 2.18 bits per heavy atom. The predicted octanol–water partition coefficient (Wildman–Crippen LogP) is 2.97. The van der Waals surface area contributed by atoms with Crippen LogP contribution in [0.2, 0.25) is 5.02 Å². The van der Waals surface area contributed by atoms with E-state index in [2.05, 4.69) is 10.6 Å². The lowest BCUT2D eigenvalue weighted by Gasteiger charge is -2.21. The fourth-order valence-corrected chi connectivity index (χ4v) is 2.16. The van der Waals surface area contributed by atoms with Gasteiger partial charge in [-0.05, 0) is 31.2 Å². The summed E-state index contributed by atoms with van der Waals surface area (Å²) < 4.78 is 10.3. The third-order valence-electron chi connectivity index (χ3n) is 3.06. The molecule has 2 amide bonds. The molecule has 0 saturated heterocycles. The first-order chi connectivity index (χ1) is 10.4. The fraction of sp³-hybridized carbons (Fsp3) is 0.267. The molecule has 1 heterocycles. The Bertz CT molecular complexity index is 641. The van der Waals surface area contributed by atoms with Crippen molar-refractivity contribution in [1.29, 1.82) is 0 Å². The van der Waals surface area contributed by atoms with E-state index in [1.807, 2.05) is 0 Å². The highest BCUT2D eigenvalue weighted by molar-refractivity contribution is 6.32. The number of carbonyl (C=O) groups excluding carboxylic acids is 1. The number of halogens is 1. The number of aliphatic hydroxyl groups is 1. The van der Waals surface area contributed by atoms with E-state index in [1.54, 1.807) is 37.3 Å². The van der Waals surface area contributed by atoms with E-state index in [0.29, 0.717) is 22.2 Å². The van der Waals surface area contributed by atoms with Crippen molar-refractivity contribution in [2.75, 3.05) is 19.0 Å². The third-order valence-corrected chi connectivity index (χ3v) is 3.36. The van der Waals surface area contributed by atoms with Gasteiger partial charge in [0.05, 0.1) is 30.6 Å². The van der Waals surface area contributed by atoms with Gasteiger partial charge in [-0.15, -0.1) is 0 Å². The second-order valence-corrected chi connectivity index (χ2v) is 5.29. The molecule has 0 aliphatic heterocycles. The van der Waals surface area contributed by atoms with Gasteiger partial charge in [-0.3, -0.25) is 0 Å². The average molecular weight is 325 g/mol. The summed E-state index contributed by atoms with van der Waals surface area (Å²) in [7, 11) is 1.46. The van der Waals surface area contributed by atoms with E-state index in [-0.39, 0.29) is 6.54 Å². The van der Waals surface area contributed by atoms with Gasteiger partial charge < -0.3 is 24.9 Å². The Balaban J connectivity index is 1.98. The second kappa shape index (κ2) is 6.72. The third kappa shape index (κ3) is 3.72. The molecule has 0 bridgehead atoms. The van der Waals surface area contributed by atoms with E-state index >= 15 is 0 Å². The van der Waals surface area contributed by atoms with Crippen LogP contribution in [0.15, 0.2) is 41.0 Å². The number of ether oxygens (including phenoxy) is 1. The van der Waals surface area contributed by atoms with Crippen molar-refractivity contribution in [3.8, 4) is 5.75 Å². The van der Waals surface area contributed by atoms with E-state index in [0.717, 1.165) is 0 Å². The van der Waals surface area contributed by atoms with E-state index in [1.165, 1.54) is 13.4 Å². The van der Waals surface area contributed by atoms with Crippen molar-refractivity contribution >= 4 is 23.3 Å². The number of hydrogen-bond acceptors (Lipinski definition) is 4. The summed E-state index contributed by atoms with van der Waals surface area (Å²) in [6, 6.07) is 7.83. The first-order valence-electron chi connectivity index (χ1n) is 6.58. The summed E-state index contributed by atoms with van der Waals surface area (Å²) in [5.74, 6) is 0.741. The molecule has 0 saturated carbocycles. The molecule has 0 fully saturated rings. The lowest BCUT2D eigenvalue weighted by Crippen LogP contribution is -2.40. The number of rotatable bonds is 5. The Kier molecular flexibility index (Phi) is 4.95. The molecule has 0 spiro atoms. The van der Waals surface area contributed by atoms with Crippen LogP contribution in [0.4, 0.5) is 10.5 Å². The number of furan rings is 1. The molecule has 1 atom stereocenters. The van der Waals surface area contributed by atoms with Crippen molar-refractivity contribution in [3.05, 3.63) is 47.4 Å². The Morgan fingerprint density at radius 1 is 1.41 bits per heavy atom. The molecule has 6 nitrogen and oxygen atoms in total. The first kappa shape index (κ1) is 16.2. The number of methoxy groups -OCH3 is 1. The van der Waals surface area contributed by atoms with E-state index < -0.39 is 11.6 Å². The number of carbonyl (C=O) groups is 1. The fourth-order valence-electron chi connectivity index (χ4n) is 1.91. The van der Waals surface area contributed by atoms with E-state index in [4.69, 9.17) is 20.8 Å². The molecule has 1 aromatic heterocycles. The second-order valence-electron chi connectivity index (χ2n) is 4.88. The van der Waals surface area contributed by atoms with Crippen LogP contribution < -0.4 is 15.4 Å². The molecule has 1 aromatic carbocycles. The quantitative estimate of drug-likeness (QED) is 0.789. The van der Waals surface area contributed by atoms with Crippen LogP contribution in [0.5, 0.6) is 5.75 Å². The van der Waals surface area contributed by atoms with Gasteiger partial charge in [0.15, 0.2) is 5.75 Å². The molecule has 0 aliphatic rings. The molecule has 0 radical (unpaired) electrons. The van der Waals surface area contributed by atoms with Crippen LogP contribution in [0.25, 0.3) is 0 Å². The largest absolute Gasteiger partial charge is 0.493 e. The minimum atomic E-state index is -1.31. The number of anilines is 1. The highest BCUT2D eigenvalue weighted by Gasteiger charge is 2.26. The maximum atomic E-state index is 11.9. The maximum Gasteiger partial charge on any atom is 0.319 e. The van der Waals surface area contributed by atoms with Crippen LogP contribution >= 0.6 is 11.6 Å². The topological polar surface area (TPSA) is 83.7 Å². The van der Waals surface area contributed by atoms with Crippen molar-refractivity contribution < 1.29 is 19.1 Å². The lowest BCUT2D eigenvalue weighted by atomic mass is 10.0. The van der Waals surface area contributed by atoms with Gasteiger partial charge in [-0.1, -0.05) is 17.7 Å². The predicted molar refractivity (Wildman–Crippen MR) is 83.3 cm³/mol. The van der Waals surface area contributed by atoms with Crippen molar-refractivity contribution in [2.45, 2.75) is 12.5 Å². The summed E-state index contributed by atoms with van der Waals surface area (Å²) >= 11 is 5.98. The van der Waals surface area contributed by atoms with Crippen LogP contribution in [-0.4, -0.2) is 24.8 Å². The number of benzene rings is 1. The average Bonchev–Trinajstić information content (AvgIpc) is 3.01. The van der Waals surface area contributed by atoms with Crippen LogP contribution in [0.1, 0.15) is 12.7 Å². The van der Waals surface area contributed by atoms with E-state index in [9.17, 15) is 9.90 Å². The van der Waals surface area contributed by atoms with Gasteiger partial charge in [-0.2, -0.15) is 0 Å². The molecular weight excluding hydrogens is 308 g/mol. The van der Waals surface area contributed by atoms with Crippen molar-refractivity contribution in [1.82, 2.24) is 5.32 Å². The molecule has 118 valence electrons. The Labute approximate surface area is 133 Å². The Morgan fingerprint density at radius 3 is 2.82 bits per heavy atom. The molecule has 7 heteroatoms. The minimum absolute atomic E-state index is 0.0186. The highest BCUT2D eigenvalue weighted by Crippen LogP contribution is 2.32. The number of nitrogens with one attached hydrogen (secondary N) is 2. The van der Waals surface area contributed by atoms with Crippen LogP contribution in [0.3, 0.4) is 0 Å². The van der Waals surface area contributed by atoms with Crippen LogP contribution in [0, 0.1) is 0 Å². The molecule has 2 aromatic rings. The molecule has 3 N–H and O–H groups in total. The monoisotopic (exact) mass is 324 g/mol. The zero-order valence-corrected chi connectivity index (χ0v) is 13.0. The summed E-state index contributed by atoms with van der Waals surface area (Å²) in [6.45, 7) is 1.53. The smallest absolute Gasteiger partial charge is 0.319 e. The van der Waals surface area contributed by atoms with Gasteiger partial charge in [0, 0.05) is 0 Å². The first-order valence-corrected chi connectivity index (χ1v) is 6.95. The normalized spacial score (nSPS) is 13.3. The number of para-hydroxylation sites is 1. The van der Waals surface area contributed by atoms with Crippen molar-refractivity contribution in [2.24, 2.45) is 0 Å². The van der Waals surface area contributed by atoms with Gasteiger partial charge in [0.2, 0.25) is 0 Å². The SMILES string of the molecule is COc1c(Cl)cccc1NC(=O)NC[C@](C)(O)c1ccco1. The molecular formula is C15H17ClN2O4. The summed E-state index contributed by atoms with van der Waals surface area (Å²) in [4.78, 5) is 11.9. The Hall–Kier alpha value is -2.18. The minimum Gasteiger partial charge on any atom is -0.493 e. The highest BCUT2D eigenvalue weighted by atomic mass is 35.5. The molecule has 22 heavy (non-hydrogen) atoms. The van der Waals surface area contributed by atoms with Crippen LogP contribution in [-0.2, 0) is 5.60 Å². The maximum absolute atomic E-state index is 11.9. The number of amides is 2. The van der Waals surface area contributed by atoms with Gasteiger partial charge in [-0.25, -0.2) is 4.79 Å². The summed E-state index contributed by atoms with van der Waals surface area (Å²) in [5.41, 5.74) is -0.871. The number of urea groups is 1. The zero-order chi connectivity index (χ0) is 16.2. The summed E-state index contributed by atoms with van der Waals surface area (Å²) in [5, 5.41) is 15.8. The number of hydrogen-bond donors (Lipinski definition) is 3. The van der Waals surface area contributed by atoms with Gasteiger partial charge in [0.25, 0.3) is 0 Å². The lowest BCUT2D eigenvalue weighted by molar-refractivity contribution is 0.0372.